The fraction of sp³-hybridized carbons (Fsp3) is 0.478. The van der Waals surface area contributed by atoms with Gasteiger partial charge in [-0.1, -0.05) is 97.7 Å². The maximum absolute atomic E-state index is 2.59. The fourth-order valence-electron chi connectivity index (χ4n) is 8.56. The Hall–Kier alpha value is -1.94. The van der Waals surface area contributed by atoms with Gasteiger partial charge in [0.1, 0.15) is 0 Å². The number of hydrogen-bond acceptors (Lipinski definition) is 4. The number of unbranched alkanes of at least 4 members (excludes halogenated alkanes) is 7. The van der Waals surface area contributed by atoms with Crippen LogP contribution in [0.5, 0.6) is 0 Å². The summed E-state index contributed by atoms with van der Waals surface area (Å²) in [6.07, 6.45) is 11.0. The molecule has 2 heterocycles. The fourth-order valence-corrected chi connectivity index (χ4v) is 10.8. The summed E-state index contributed by atoms with van der Waals surface area (Å²) in [5.74, 6) is 0. The van der Waals surface area contributed by atoms with Crippen molar-refractivity contribution in [2.45, 2.75) is 98.6 Å². The smallest absolute Gasteiger partial charge is 0.0968 e. The monoisotopic (exact) mass is 894 g/mol. The number of likely N-dealkylation sites (N-methyl/N-ethyl adjacent to an activating group) is 2. The third-order valence-corrected chi connectivity index (χ3v) is 14.6. The molecule has 54 heavy (non-hydrogen) atoms. The molecule has 6 rings (SSSR count). The van der Waals surface area contributed by atoms with Gasteiger partial charge in [0, 0.05) is 19.6 Å². The van der Waals surface area contributed by atoms with E-state index >= 15 is 0 Å². The maximum Gasteiger partial charge on any atom is 0.0968 e. The number of anilines is 4. The zero-order valence-corrected chi connectivity index (χ0v) is 38.1. The van der Waals surface area contributed by atoms with Crippen LogP contribution in [0.3, 0.4) is 0 Å². The van der Waals surface area contributed by atoms with Gasteiger partial charge in [-0.25, -0.2) is 0 Å². The van der Waals surface area contributed by atoms with Crippen LogP contribution in [0, 0.1) is 0 Å². The largest absolute Gasteiger partial charge is 1.00 e. The van der Waals surface area contributed by atoms with E-state index in [-0.39, 0.29) is 34.0 Å². The Labute approximate surface area is 357 Å². The Morgan fingerprint density at radius 1 is 0.370 bits per heavy atom. The quantitative estimate of drug-likeness (QED) is 0.0703. The number of nitrogens with zero attached hydrogens (tertiary/aromatic N) is 4. The van der Waals surface area contributed by atoms with E-state index in [1.54, 1.807) is 0 Å². The Balaban J connectivity index is 0.00000325. The number of quaternary nitrogens is 2. The van der Waals surface area contributed by atoms with E-state index in [0.717, 1.165) is 13.1 Å². The van der Waals surface area contributed by atoms with Crippen molar-refractivity contribution in [2.24, 2.45) is 0 Å². The van der Waals surface area contributed by atoms with Crippen LogP contribution in [0.15, 0.2) is 117 Å². The average Bonchev–Trinajstić information content (AvgIpc) is 3.20. The van der Waals surface area contributed by atoms with Crippen LogP contribution in [-0.4, -0.2) is 74.4 Å². The lowest BCUT2D eigenvalue weighted by atomic mass is 10.1. The van der Waals surface area contributed by atoms with Crippen LogP contribution in [-0.2, 0) is 0 Å². The molecule has 0 unspecified atom stereocenters. The molecule has 0 N–H and O–H groups in total. The second-order valence-corrected chi connectivity index (χ2v) is 17.2. The van der Waals surface area contributed by atoms with Gasteiger partial charge in [0.05, 0.1) is 88.2 Å². The summed E-state index contributed by atoms with van der Waals surface area (Å²) in [6.45, 7) is 21.7. The molecule has 0 atom stereocenters. The molecule has 4 aromatic carbocycles. The molecule has 0 fully saturated rings. The van der Waals surface area contributed by atoms with Crippen molar-refractivity contribution in [1.82, 2.24) is 0 Å². The van der Waals surface area contributed by atoms with Gasteiger partial charge in [0.2, 0.25) is 0 Å². The van der Waals surface area contributed by atoms with Crippen LogP contribution < -0.4 is 43.8 Å². The van der Waals surface area contributed by atoms with E-state index in [0.29, 0.717) is 0 Å². The number of para-hydroxylation sites is 4. The second-order valence-electron chi connectivity index (χ2n) is 15.0. The number of rotatable bonds is 21. The van der Waals surface area contributed by atoms with Crippen LogP contribution in [0.25, 0.3) is 0 Å². The summed E-state index contributed by atoms with van der Waals surface area (Å²) in [6, 6.07) is 35.8. The van der Waals surface area contributed by atoms with Gasteiger partial charge in [0.15, 0.2) is 0 Å². The van der Waals surface area contributed by atoms with Gasteiger partial charge in [-0.3, -0.25) is 0 Å². The van der Waals surface area contributed by atoms with E-state index in [1.807, 2.05) is 23.5 Å². The molecular weight excluding hydrogens is 832 g/mol. The Kier molecular flexibility index (Phi) is 18.3. The molecule has 0 aliphatic carbocycles. The zero-order valence-electron chi connectivity index (χ0n) is 33.3. The van der Waals surface area contributed by atoms with Crippen molar-refractivity contribution >= 4 is 46.3 Å². The standard InChI is InChI=1S/C46H64N4S2.2BrH/c1-5-49(6-2,37-33-47-39-25-15-19-29-43(39)51-44-30-20-16-26-40(44)47)35-23-13-11-9-10-12-14-24-36-50(7-3,8-4)38-34-48-41-27-17-21-31-45(41)52-46-32-22-18-28-42(46)48;;/h15-22,25-32H,5-14,23-24,33-38H2,1-4H3;2*1H/q+2;;/p-2. The van der Waals surface area contributed by atoms with Crippen LogP contribution in [0.1, 0.15) is 79.1 Å². The number of halogens is 2. The molecular formula is C46H64Br2N4S2. The van der Waals surface area contributed by atoms with E-state index < -0.39 is 0 Å². The second kappa shape index (κ2) is 22.1. The topological polar surface area (TPSA) is 6.48 Å². The summed E-state index contributed by atoms with van der Waals surface area (Å²) in [7, 11) is 0. The molecule has 0 aromatic heterocycles. The lowest BCUT2D eigenvalue weighted by Crippen LogP contribution is -3.00. The van der Waals surface area contributed by atoms with Crippen molar-refractivity contribution in [3.8, 4) is 0 Å². The number of benzene rings is 4. The minimum absolute atomic E-state index is 0. The van der Waals surface area contributed by atoms with E-state index in [4.69, 9.17) is 0 Å². The molecule has 2 aliphatic rings. The average molecular weight is 897 g/mol. The minimum Gasteiger partial charge on any atom is -1.00 e. The predicted molar refractivity (Wildman–Crippen MR) is 227 cm³/mol. The minimum atomic E-state index is 0. The SMILES string of the molecule is CC[N+](CC)(CCCCCCCCCC[N+](CC)(CC)CCN1c2ccccc2Sc2ccccc21)CCN1c2ccccc2Sc2ccccc21.[Br-].[Br-]. The highest BCUT2D eigenvalue weighted by molar-refractivity contribution is 8.00. The molecule has 4 aromatic rings. The first-order valence-electron chi connectivity index (χ1n) is 20.5. The molecule has 2 aliphatic heterocycles. The van der Waals surface area contributed by atoms with Crippen molar-refractivity contribution in [3.05, 3.63) is 97.1 Å². The number of hydrogen-bond donors (Lipinski definition) is 0. The van der Waals surface area contributed by atoms with Gasteiger partial charge in [-0.05, 0) is 102 Å². The van der Waals surface area contributed by atoms with Gasteiger partial charge < -0.3 is 52.7 Å². The van der Waals surface area contributed by atoms with Gasteiger partial charge in [0.25, 0.3) is 0 Å². The summed E-state index contributed by atoms with van der Waals surface area (Å²) in [4.78, 5) is 10.7. The molecule has 0 amide bonds. The van der Waals surface area contributed by atoms with Gasteiger partial charge in [-0.2, -0.15) is 0 Å². The van der Waals surface area contributed by atoms with Gasteiger partial charge >= 0.3 is 0 Å². The van der Waals surface area contributed by atoms with Gasteiger partial charge in [-0.15, -0.1) is 0 Å². The van der Waals surface area contributed by atoms with Crippen molar-refractivity contribution in [1.29, 1.82) is 0 Å². The lowest BCUT2D eigenvalue weighted by molar-refractivity contribution is -0.923. The Morgan fingerprint density at radius 3 is 0.907 bits per heavy atom. The van der Waals surface area contributed by atoms with Crippen molar-refractivity contribution < 1.29 is 42.9 Å². The third kappa shape index (κ3) is 10.9. The summed E-state index contributed by atoms with van der Waals surface area (Å²) in [5, 5.41) is 0. The Morgan fingerprint density at radius 2 is 0.630 bits per heavy atom. The van der Waals surface area contributed by atoms with E-state index in [9.17, 15) is 0 Å². The molecule has 0 saturated carbocycles. The molecule has 0 saturated heterocycles. The number of fused-ring (bicyclic) bond motifs is 4. The highest BCUT2D eigenvalue weighted by atomic mass is 79.9. The maximum atomic E-state index is 2.59. The summed E-state index contributed by atoms with van der Waals surface area (Å²) in [5.41, 5.74) is 5.50. The predicted octanol–water partition coefficient (Wildman–Crippen LogP) is 6.43. The third-order valence-electron chi connectivity index (χ3n) is 12.4. The first-order valence-corrected chi connectivity index (χ1v) is 22.1. The molecule has 0 spiro atoms. The molecule has 294 valence electrons. The first-order chi connectivity index (χ1) is 25.5. The van der Waals surface area contributed by atoms with E-state index in [1.165, 1.54) is 155 Å². The highest BCUT2D eigenvalue weighted by Crippen LogP contribution is 2.49. The summed E-state index contributed by atoms with van der Waals surface area (Å²) < 4.78 is 2.44. The molecule has 8 heteroatoms. The zero-order chi connectivity index (χ0) is 36.2. The first kappa shape index (κ1) is 44.8. The summed E-state index contributed by atoms with van der Waals surface area (Å²) >= 11 is 3.83. The normalized spacial score (nSPS) is 13.3. The molecule has 0 bridgehead atoms. The lowest BCUT2D eigenvalue weighted by Gasteiger charge is -2.40. The van der Waals surface area contributed by atoms with Crippen molar-refractivity contribution in [2.75, 3.05) is 75.2 Å². The van der Waals surface area contributed by atoms with Crippen LogP contribution >= 0.6 is 23.5 Å². The molecule has 0 radical (unpaired) electrons. The van der Waals surface area contributed by atoms with Crippen molar-refractivity contribution in [3.63, 3.8) is 0 Å². The van der Waals surface area contributed by atoms with Crippen LogP contribution in [0.2, 0.25) is 0 Å². The van der Waals surface area contributed by atoms with Crippen LogP contribution in [0.4, 0.5) is 22.7 Å². The molecule has 4 nitrogen and oxygen atoms in total. The highest BCUT2D eigenvalue weighted by Gasteiger charge is 2.30. The Bertz CT molecular complexity index is 1490. The van der Waals surface area contributed by atoms with E-state index in [2.05, 4.69) is 135 Å².